The van der Waals surface area contributed by atoms with E-state index in [1.165, 1.54) is 12.1 Å². The van der Waals surface area contributed by atoms with Crippen molar-refractivity contribution in [3.63, 3.8) is 0 Å². The Morgan fingerprint density at radius 3 is 2.64 bits per heavy atom. The molecule has 0 amide bonds. The lowest BCUT2D eigenvalue weighted by Gasteiger charge is -2.11. The molecule has 0 saturated heterocycles. The van der Waals surface area contributed by atoms with E-state index in [1.54, 1.807) is 11.8 Å². The molecule has 1 aromatic heterocycles. The second kappa shape index (κ2) is 10.0. The van der Waals surface area contributed by atoms with Crippen molar-refractivity contribution < 1.29 is 4.39 Å². The Hall–Kier alpha value is -2.09. The summed E-state index contributed by atoms with van der Waals surface area (Å²) in [5.74, 6) is 3.24. The van der Waals surface area contributed by atoms with Crippen LogP contribution in [0.1, 0.15) is 25.0 Å². The van der Waals surface area contributed by atoms with Gasteiger partial charge in [0.2, 0.25) is 0 Å². The number of thioether (sulfide) groups is 1. The van der Waals surface area contributed by atoms with Crippen LogP contribution >= 0.6 is 11.8 Å². The average molecular weight is 364 g/mol. The molecule has 25 heavy (non-hydrogen) atoms. The first-order chi connectivity index (χ1) is 12.1. The molecule has 0 bridgehead atoms. The molecule has 0 spiro atoms. The fourth-order valence-electron chi connectivity index (χ4n) is 2.08. The number of halogens is 1. The highest BCUT2D eigenvalue weighted by Gasteiger charge is 2.04. The van der Waals surface area contributed by atoms with Crippen LogP contribution in [0, 0.1) is 12.7 Å². The van der Waals surface area contributed by atoms with Gasteiger partial charge in [0.15, 0.2) is 11.8 Å². The summed E-state index contributed by atoms with van der Waals surface area (Å²) in [5, 5.41) is 14.7. The zero-order chi connectivity index (χ0) is 18.1. The molecular weight excluding hydrogens is 339 g/mol. The van der Waals surface area contributed by atoms with Crippen LogP contribution in [0.4, 0.5) is 4.39 Å². The minimum atomic E-state index is -0.199. The third kappa shape index (κ3) is 6.38. The standard InChI is InChI=1S/C17H25FN6S/c1-4-19-17(21-12-16-23-22-13(2)24(16)3)20-10-5-11-25-15-8-6-14(18)7-9-15/h6-9H,4-5,10-12H2,1-3H3,(H2,19,20,21). The lowest BCUT2D eigenvalue weighted by Crippen LogP contribution is -2.38. The van der Waals surface area contributed by atoms with Crippen LogP contribution in [0.15, 0.2) is 34.2 Å². The van der Waals surface area contributed by atoms with Crippen LogP contribution in [0.5, 0.6) is 0 Å². The first kappa shape index (κ1) is 19.2. The number of hydrogen-bond acceptors (Lipinski definition) is 4. The number of benzene rings is 1. The molecule has 1 heterocycles. The number of aliphatic imine (C=N–C) groups is 1. The molecule has 6 nitrogen and oxygen atoms in total. The summed E-state index contributed by atoms with van der Waals surface area (Å²) in [4.78, 5) is 5.63. The van der Waals surface area contributed by atoms with Crippen molar-refractivity contribution in [2.75, 3.05) is 18.8 Å². The molecule has 0 saturated carbocycles. The highest BCUT2D eigenvalue weighted by molar-refractivity contribution is 7.99. The fraction of sp³-hybridized carbons (Fsp3) is 0.471. The Morgan fingerprint density at radius 2 is 2.00 bits per heavy atom. The van der Waals surface area contributed by atoms with Gasteiger partial charge in [-0.3, -0.25) is 0 Å². The van der Waals surface area contributed by atoms with Crippen LogP contribution in [-0.2, 0) is 13.6 Å². The number of hydrogen-bond donors (Lipinski definition) is 2. The normalized spacial score (nSPS) is 11.6. The van der Waals surface area contributed by atoms with Gasteiger partial charge in [-0.2, -0.15) is 0 Å². The predicted molar refractivity (Wildman–Crippen MR) is 100 cm³/mol. The minimum Gasteiger partial charge on any atom is -0.357 e. The maximum atomic E-state index is 12.9. The molecule has 0 aliphatic rings. The molecular formula is C17H25FN6S. The summed E-state index contributed by atoms with van der Waals surface area (Å²) in [6, 6.07) is 6.60. The number of aromatic nitrogens is 3. The smallest absolute Gasteiger partial charge is 0.191 e. The molecule has 0 unspecified atom stereocenters. The summed E-state index contributed by atoms with van der Waals surface area (Å²) < 4.78 is 14.8. The number of aryl methyl sites for hydroxylation is 1. The van der Waals surface area contributed by atoms with Gasteiger partial charge < -0.3 is 15.2 Å². The van der Waals surface area contributed by atoms with E-state index < -0.39 is 0 Å². The molecule has 0 radical (unpaired) electrons. The minimum absolute atomic E-state index is 0.199. The summed E-state index contributed by atoms with van der Waals surface area (Å²) in [7, 11) is 1.94. The second-order valence-electron chi connectivity index (χ2n) is 5.50. The number of nitrogens with zero attached hydrogens (tertiary/aromatic N) is 4. The Morgan fingerprint density at radius 1 is 1.24 bits per heavy atom. The van der Waals surface area contributed by atoms with Gasteiger partial charge in [0.25, 0.3) is 0 Å². The number of guanidine groups is 1. The van der Waals surface area contributed by atoms with Crippen molar-refractivity contribution in [3.8, 4) is 0 Å². The van der Waals surface area contributed by atoms with Crippen molar-refractivity contribution in [2.24, 2.45) is 12.0 Å². The number of rotatable bonds is 8. The van der Waals surface area contributed by atoms with Crippen molar-refractivity contribution in [1.29, 1.82) is 0 Å². The van der Waals surface area contributed by atoms with Crippen molar-refractivity contribution in [2.45, 2.75) is 31.7 Å². The Kier molecular flexibility index (Phi) is 7.72. The van der Waals surface area contributed by atoms with Crippen LogP contribution in [-0.4, -0.2) is 39.6 Å². The molecule has 0 aliphatic carbocycles. The Bertz CT molecular complexity index is 683. The van der Waals surface area contributed by atoms with Gasteiger partial charge in [0.1, 0.15) is 18.2 Å². The Balaban J connectivity index is 1.74. The SMILES string of the molecule is CCNC(=NCc1nnc(C)n1C)NCCCSc1ccc(F)cc1. The lowest BCUT2D eigenvalue weighted by molar-refractivity contribution is 0.626. The molecule has 0 aliphatic heterocycles. The van der Waals surface area contributed by atoms with Crippen LogP contribution in [0.2, 0.25) is 0 Å². The largest absolute Gasteiger partial charge is 0.357 e. The van der Waals surface area contributed by atoms with Crippen molar-refractivity contribution in [3.05, 3.63) is 41.7 Å². The third-order valence-electron chi connectivity index (χ3n) is 3.60. The molecule has 8 heteroatoms. The van der Waals surface area contributed by atoms with Crippen LogP contribution < -0.4 is 10.6 Å². The van der Waals surface area contributed by atoms with E-state index in [9.17, 15) is 4.39 Å². The van der Waals surface area contributed by atoms with E-state index in [0.29, 0.717) is 6.54 Å². The average Bonchev–Trinajstić information content (AvgIpc) is 2.93. The molecule has 0 fully saturated rings. The summed E-state index contributed by atoms with van der Waals surface area (Å²) in [6.07, 6.45) is 0.982. The number of nitrogens with one attached hydrogen (secondary N) is 2. The van der Waals surface area contributed by atoms with Crippen LogP contribution in [0.25, 0.3) is 0 Å². The third-order valence-corrected chi connectivity index (χ3v) is 4.70. The molecule has 0 atom stereocenters. The van der Waals surface area contributed by atoms with E-state index in [1.807, 2.05) is 37.6 Å². The molecule has 2 rings (SSSR count). The van der Waals surface area contributed by atoms with Gasteiger partial charge in [0, 0.05) is 25.0 Å². The van der Waals surface area contributed by atoms with E-state index in [4.69, 9.17) is 0 Å². The van der Waals surface area contributed by atoms with E-state index in [2.05, 4.69) is 25.8 Å². The molecule has 2 N–H and O–H groups in total. The van der Waals surface area contributed by atoms with E-state index in [0.717, 1.165) is 47.8 Å². The van der Waals surface area contributed by atoms with Crippen molar-refractivity contribution >= 4 is 17.7 Å². The molecule has 2 aromatic rings. The van der Waals surface area contributed by atoms with Crippen LogP contribution in [0.3, 0.4) is 0 Å². The second-order valence-corrected chi connectivity index (χ2v) is 6.67. The highest BCUT2D eigenvalue weighted by atomic mass is 32.2. The van der Waals surface area contributed by atoms with Gasteiger partial charge in [0.05, 0.1) is 0 Å². The first-order valence-electron chi connectivity index (χ1n) is 8.35. The summed E-state index contributed by atoms with van der Waals surface area (Å²) >= 11 is 1.72. The monoisotopic (exact) mass is 364 g/mol. The highest BCUT2D eigenvalue weighted by Crippen LogP contribution is 2.18. The lowest BCUT2D eigenvalue weighted by atomic mass is 10.4. The van der Waals surface area contributed by atoms with Gasteiger partial charge >= 0.3 is 0 Å². The first-order valence-corrected chi connectivity index (χ1v) is 9.34. The maximum absolute atomic E-state index is 12.9. The van der Waals surface area contributed by atoms with Gasteiger partial charge in [-0.1, -0.05) is 0 Å². The fourth-order valence-corrected chi connectivity index (χ4v) is 2.93. The van der Waals surface area contributed by atoms with E-state index >= 15 is 0 Å². The quantitative estimate of drug-likeness (QED) is 0.326. The maximum Gasteiger partial charge on any atom is 0.191 e. The zero-order valence-corrected chi connectivity index (χ0v) is 15.7. The van der Waals surface area contributed by atoms with Gasteiger partial charge in [-0.15, -0.1) is 22.0 Å². The topological polar surface area (TPSA) is 67.1 Å². The van der Waals surface area contributed by atoms with Gasteiger partial charge in [-0.05, 0) is 50.3 Å². The van der Waals surface area contributed by atoms with Crippen molar-refractivity contribution in [1.82, 2.24) is 25.4 Å². The molecule has 1 aromatic carbocycles. The Labute approximate surface area is 152 Å². The summed E-state index contributed by atoms with van der Waals surface area (Å²) in [5.41, 5.74) is 0. The van der Waals surface area contributed by atoms with E-state index in [-0.39, 0.29) is 5.82 Å². The van der Waals surface area contributed by atoms with Gasteiger partial charge in [-0.25, -0.2) is 9.38 Å². The molecule has 136 valence electrons. The zero-order valence-electron chi connectivity index (χ0n) is 14.9. The predicted octanol–water partition coefficient (Wildman–Crippen LogP) is 2.50. The summed E-state index contributed by atoms with van der Waals surface area (Å²) in [6.45, 7) is 6.05.